The van der Waals surface area contributed by atoms with Crippen molar-refractivity contribution in [3.63, 3.8) is 0 Å². The van der Waals surface area contributed by atoms with E-state index in [2.05, 4.69) is 15.9 Å². The van der Waals surface area contributed by atoms with Gasteiger partial charge in [0, 0.05) is 13.9 Å². The SMILES string of the molecule is [2H]C([2H])(Cl)CCBr. The molecule has 0 rings (SSSR count). The van der Waals surface area contributed by atoms with Crippen molar-refractivity contribution in [3.8, 4) is 0 Å². The lowest BCUT2D eigenvalue weighted by Gasteiger charge is -1.75. The summed E-state index contributed by atoms with van der Waals surface area (Å²) in [4.78, 5) is 0. The minimum absolute atomic E-state index is 0.356. The molecule has 0 aliphatic rings. The summed E-state index contributed by atoms with van der Waals surface area (Å²) < 4.78 is 13.5. The van der Waals surface area contributed by atoms with Gasteiger partial charge in [-0.2, -0.15) is 0 Å². The average Bonchev–Trinajstić information content (AvgIpc) is 1.30. The van der Waals surface area contributed by atoms with Crippen LogP contribution in [0.5, 0.6) is 0 Å². The van der Waals surface area contributed by atoms with Gasteiger partial charge in [-0.3, -0.25) is 0 Å². The number of alkyl halides is 2. The topological polar surface area (TPSA) is 0 Å². The van der Waals surface area contributed by atoms with Crippen LogP contribution in [0.1, 0.15) is 9.16 Å². The summed E-state index contributed by atoms with van der Waals surface area (Å²) in [5.41, 5.74) is 0. The highest BCUT2D eigenvalue weighted by Crippen LogP contribution is 1.87. The van der Waals surface area contributed by atoms with Gasteiger partial charge in [0.25, 0.3) is 0 Å². The minimum atomic E-state index is -1.52. The van der Waals surface area contributed by atoms with E-state index in [1.807, 2.05) is 0 Å². The zero-order valence-corrected chi connectivity index (χ0v) is 5.01. The highest BCUT2D eigenvalue weighted by atomic mass is 79.9. The Balaban J connectivity index is 3.15. The van der Waals surface area contributed by atoms with E-state index in [0.717, 1.165) is 0 Å². The van der Waals surface area contributed by atoms with Gasteiger partial charge in [0.05, 0.1) is 0 Å². The molecule has 0 aromatic rings. The predicted octanol–water partition coefficient (Wildman–Crippen LogP) is 2.01. The Morgan fingerprint density at radius 2 is 2.60 bits per heavy atom. The molecule has 0 bridgehead atoms. The number of hydrogen-bond acceptors (Lipinski definition) is 0. The van der Waals surface area contributed by atoms with Crippen molar-refractivity contribution < 1.29 is 2.74 Å². The fourth-order valence-corrected chi connectivity index (χ4v) is 0.557. The lowest BCUT2D eigenvalue weighted by atomic mass is 10.6. The van der Waals surface area contributed by atoms with Gasteiger partial charge in [-0.15, -0.1) is 11.6 Å². The molecule has 2 heteroatoms. The lowest BCUT2D eigenvalue weighted by molar-refractivity contribution is 1.13. The summed E-state index contributed by atoms with van der Waals surface area (Å²) in [6.45, 7) is 0. The zero-order chi connectivity index (χ0) is 5.91. The van der Waals surface area contributed by atoms with E-state index in [-0.39, 0.29) is 0 Å². The van der Waals surface area contributed by atoms with Gasteiger partial charge in [0.15, 0.2) is 0 Å². The third-order valence-corrected chi connectivity index (χ3v) is 0.774. The van der Waals surface area contributed by atoms with Crippen LogP contribution in [-0.2, 0) is 0 Å². The van der Waals surface area contributed by atoms with Crippen LogP contribution in [0.15, 0.2) is 0 Å². The van der Waals surface area contributed by atoms with Crippen LogP contribution in [0, 0.1) is 0 Å². The predicted molar refractivity (Wildman–Crippen MR) is 29.1 cm³/mol. The Kier molecular flexibility index (Phi) is 2.73. The summed E-state index contributed by atoms with van der Waals surface area (Å²) in [7, 11) is 0. The lowest BCUT2D eigenvalue weighted by Crippen LogP contribution is -1.70. The Morgan fingerprint density at radius 3 is 2.60 bits per heavy atom. The molecule has 0 nitrogen and oxygen atoms in total. The summed E-state index contributed by atoms with van der Waals surface area (Å²) in [6.07, 6.45) is 0.356. The second-order valence-electron chi connectivity index (χ2n) is 0.573. The van der Waals surface area contributed by atoms with Gasteiger partial charge in [0.1, 0.15) is 0 Å². The Labute approximate surface area is 48.4 Å². The van der Waals surface area contributed by atoms with Gasteiger partial charge in [-0.25, -0.2) is 0 Å². The molecule has 0 aromatic heterocycles. The molecule has 32 valence electrons. The molecule has 0 saturated heterocycles. The normalized spacial score (nSPS) is 17.2. The van der Waals surface area contributed by atoms with Crippen LogP contribution in [0.3, 0.4) is 0 Å². The highest BCUT2D eigenvalue weighted by molar-refractivity contribution is 9.09. The molecular formula is C3H6BrCl. The molecule has 0 aliphatic carbocycles. The first-order chi connectivity index (χ1) is 3.06. The van der Waals surface area contributed by atoms with Gasteiger partial charge in [0.2, 0.25) is 0 Å². The van der Waals surface area contributed by atoms with Gasteiger partial charge in [-0.1, -0.05) is 15.9 Å². The van der Waals surface area contributed by atoms with E-state index in [1.165, 1.54) is 0 Å². The molecule has 0 saturated carbocycles. The number of halogens is 2. The average molecular weight is 159 g/mol. The molecule has 0 unspecified atom stereocenters. The maximum atomic E-state index is 6.73. The maximum Gasteiger partial charge on any atom is 0.0435 e. The Bertz CT molecular complexity index is 51.4. The molecule has 5 heavy (non-hydrogen) atoms. The van der Waals surface area contributed by atoms with Gasteiger partial charge in [-0.05, 0) is 6.42 Å². The first kappa shape index (κ1) is 2.86. The molecular weight excluding hydrogens is 151 g/mol. The summed E-state index contributed by atoms with van der Waals surface area (Å²) in [6, 6.07) is 0. The van der Waals surface area contributed by atoms with Crippen molar-refractivity contribution in [1.82, 2.24) is 0 Å². The summed E-state index contributed by atoms with van der Waals surface area (Å²) >= 11 is 8.20. The van der Waals surface area contributed by atoms with E-state index >= 15 is 0 Å². The van der Waals surface area contributed by atoms with Crippen LogP contribution < -0.4 is 0 Å². The van der Waals surface area contributed by atoms with Crippen LogP contribution in [0.25, 0.3) is 0 Å². The van der Waals surface area contributed by atoms with Crippen molar-refractivity contribution in [3.05, 3.63) is 0 Å². The third-order valence-electron chi connectivity index (χ3n) is 0.189. The third kappa shape index (κ3) is 4.77. The van der Waals surface area contributed by atoms with Crippen molar-refractivity contribution in [2.45, 2.75) is 6.42 Å². The van der Waals surface area contributed by atoms with Gasteiger partial charge < -0.3 is 0 Å². The molecule has 0 aromatic carbocycles. The molecule has 0 amide bonds. The number of hydrogen-bond donors (Lipinski definition) is 0. The van der Waals surface area contributed by atoms with E-state index < -0.39 is 5.83 Å². The maximum absolute atomic E-state index is 6.73. The number of rotatable bonds is 2. The molecule has 0 atom stereocenters. The fraction of sp³-hybridized carbons (Fsp3) is 1.00. The van der Waals surface area contributed by atoms with Crippen molar-refractivity contribution in [1.29, 1.82) is 0 Å². The van der Waals surface area contributed by atoms with Crippen LogP contribution in [0.2, 0.25) is 0 Å². The zero-order valence-electron chi connectivity index (χ0n) is 4.67. The van der Waals surface area contributed by atoms with E-state index in [0.29, 0.717) is 11.8 Å². The quantitative estimate of drug-likeness (QED) is 0.541. The van der Waals surface area contributed by atoms with Crippen LogP contribution in [-0.4, -0.2) is 11.2 Å². The van der Waals surface area contributed by atoms with Crippen molar-refractivity contribution in [2.24, 2.45) is 0 Å². The Morgan fingerprint density at radius 1 is 2.00 bits per heavy atom. The first-order valence-electron chi connectivity index (χ1n) is 2.31. The minimum Gasteiger partial charge on any atom is -0.127 e. The van der Waals surface area contributed by atoms with Crippen molar-refractivity contribution >= 4 is 27.5 Å². The van der Waals surface area contributed by atoms with E-state index in [9.17, 15) is 0 Å². The molecule has 0 N–H and O–H groups in total. The molecule has 0 aliphatic heterocycles. The highest BCUT2D eigenvalue weighted by Gasteiger charge is 1.71. The smallest absolute Gasteiger partial charge is 0.0435 e. The first-order valence-corrected chi connectivity index (χ1v) is 2.81. The molecule has 0 heterocycles. The largest absolute Gasteiger partial charge is 0.127 e. The Hall–Kier alpha value is 0.770. The monoisotopic (exact) mass is 158 g/mol. The molecule has 0 fully saturated rings. The summed E-state index contributed by atoms with van der Waals surface area (Å²) in [5, 5.41) is 0.615. The van der Waals surface area contributed by atoms with Gasteiger partial charge >= 0.3 is 0 Å². The van der Waals surface area contributed by atoms with Crippen LogP contribution >= 0.6 is 27.5 Å². The summed E-state index contributed by atoms with van der Waals surface area (Å²) in [5.74, 6) is -1.52. The van der Waals surface area contributed by atoms with E-state index in [4.69, 9.17) is 14.3 Å². The van der Waals surface area contributed by atoms with Crippen LogP contribution in [0.4, 0.5) is 0 Å². The fourth-order valence-electron chi connectivity index (χ4n) is 0.0357. The van der Waals surface area contributed by atoms with E-state index in [1.54, 1.807) is 0 Å². The second kappa shape index (κ2) is 4.77. The molecule has 0 radical (unpaired) electrons. The molecule has 0 spiro atoms. The standard InChI is InChI=1S/C3H6BrCl/c4-2-1-3-5/h1-3H2/i3D2. The van der Waals surface area contributed by atoms with Crippen molar-refractivity contribution in [2.75, 3.05) is 11.2 Å². The second-order valence-corrected chi connectivity index (χ2v) is 1.63.